The van der Waals surface area contributed by atoms with Gasteiger partial charge in [-0.2, -0.15) is 0 Å². The van der Waals surface area contributed by atoms with Crippen LogP contribution in [0.4, 0.5) is 0 Å². The van der Waals surface area contributed by atoms with Gasteiger partial charge in [-0.25, -0.2) is 0 Å². The molecule has 0 aliphatic heterocycles. The molecule has 228 valence electrons. The van der Waals surface area contributed by atoms with E-state index in [9.17, 15) is 4.79 Å². The molecule has 5 nitrogen and oxygen atoms in total. The summed E-state index contributed by atoms with van der Waals surface area (Å²) >= 11 is 0. The van der Waals surface area contributed by atoms with Crippen molar-refractivity contribution in [3.05, 3.63) is 0 Å². The van der Waals surface area contributed by atoms with Crippen molar-refractivity contribution in [1.82, 2.24) is 0 Å². The fourth-order valence-corrected chi connectivity index (χ4v) is 9.27. The third kappa shape index (κ3) is 19.1. The molecule has 0 unspecified atom stereocenters. The van der Waals surface area contributed by atoms with Gasteiger partial charge in [-0.3, -0.25) is 4.79 Å². The molecule has 0 aromatic carbocycles. The van der Waals surface area contributed by atoms with E-state index in [1.54, 1.807) is 0 Å². The van der Waals surface area contributed by atoms with Gasteiger partial charge in [0, 0.05) is 49.3 Å². The molecule has 0 rings (SSSR count). The third-order valence-electron chi connectivity index (χ3n) is 7.60. The molecule has 0 saturated carbocycles. The topological polar surface area (TPSA) is 54.0 Å². The molecule has 0 aromatic rings. The van der Waals surface area contributed by atoms with Crippen molar-refractivity contribution >= 4 is 24.4 Å². The normalized spacial score (nSPS) is 12.7. The number of carbonyl (C=O) groups is 1. The Bertz CT molecular complexity index is 498. The molecule has 0 heterocycles. The number of Topliss-reactive ketones (excluding diaryl/α,β-unsaturated/α-hetero) is 1. The van der Waals surface area contributed by atoms with E-state index in [2.05, 4.69) is 55.4 Å². The van der Waals surface area contributed by atoms with Crippen LogP contribution in [0.15, 0.2) is 0 Å². The first-order chi connectivity index (χ1) is 18.1. The van der Waals surface area contributed by atoms with E-state index in [1.165, 1.54) is 77.0 Å². The van der Waals surface area contributed by atoms with Crippen LogP contribution in [-0.2, 0) is 22.5 Å². The molecule has 0 atom stereocenters. The van der Waals surface area contributed by atoms with E-state index >= 15 is 0 Å². The van der Waals surface area contributed by atoms with Crippen LogP contribution in [-0.4, -0.2) is 50.8 Å². The maximum absolute atomic E-state index is 12.2. The molecule has 0 amide bonds. The van der Waals surface area contributed by atoms with Crippen LogP contribution >= 0.6 is 0 Å². The predicted molar refractivity (Wildman–Crippen MR) is 168 cm³/mol. The number of carbonyl (C=O) groups excluding carboxylic acids is 1. The van der Waals surface area contributed by atoms with Crippen LogP contribution in [0, 0.1) is 0 Å². The van der Waals surface area contributed by atoms with Crippen LogP contribution < -0.4 is 0 Å². The molecule has 0 radical (unpaired) electrons. The molecule has 0 spiro atoms. The molecule has 0 N–H and O–H groups in total. The van der Waals surface area contributed by atoms with Gasteiger partial charge >= 0.3 is 18.6 Å². The van der Waals surface area contributed by atoms with Gasteiger partial charge in [-0.1, -0.05) is 91.9 Å². The summed E-state index contributed by atoms with van der Waals surface area (Å²) in [7, 11) is -3.21. The lowest BCUT2D eigenvalue weighted by atomic mass is 10.0. The van der Waals surface area contributed by atoms with Gasteiger partial charge in [0.1, 0.15) is 5.78 Å². The summed E-state index contributed by atoms with van der Waals surface area (Å²) in [4.78, 5) is 12.2. The van der Waals surface area contributed by atoms with Crippen molar-refractivity contribution in [3.63, 3.8) is 0 Å². The number of unbranched alkanes of at least 4 members (excludes halogenated alkanes) is 10. The first kappa shape index (κ1) is 37.9. The lowest BCUT2D eigenvalue weighted by Gasteiger charge is -2.31. The Hall–Kier alpha value is -0.0562. The summed E-state index contributed by atoms with van der Waals surface area (Å²) in [6.07, 6.45) is 18.5. The molecule has 0 saturated heterocycles. The maximum Gasteiger partial charge on any atom is 0.327 e. The van der Waals surface area contributed by atoms with Gasteiger partial charge in [-0.15, -0.1) is 0 Å². The lowest BCUT2D eigenvalue weighted by molar-refractivity contribution is -0.119. The summed E-state index contributed by atoms with van der Waals surface area (Å²) < 4.78 is 23.8. The van der Waals surface area contributed by atoms with Crippen LogP contribution in [0.1, 0.15) is 158 Å². The van der Waals surface area contributed by atoms with Gasteiger partial charge in [0.2, 0.25) is 0 Å². The average Bonchev–Trinajstić information content (AvgIpc) is 2.86. The fourth-order valence-electron chi connectivity index (χ4n) is 5.18. The Labute approximate surface area is 241 Å². The standard InChI is InChI=1S/C31H66O5Si2/c1-9-33-37(34-10-2)30(5,6)27-23-19-15-13-17-21-25-29(32)26-22-18-14-16-20-24-28-31(7,8)38(35-11-3)36-12-4/h37-38H,9-28H2,1-8H3. The lowest BCUT2D eigenvalue weighted by Crippen LogP contribution is -2.35. The van der Waals surface area contributed by atoms with E-state index in [0.29, 0.717) is 5.78 Å². The summed E-state index contributed by atoms with van der Waals surface area (Å²) in [5.41, 5.74) is 0. The van der Waals surface area contributed by atoms with Crippen molar-refractivity contribution in [2.24, 2.45) is 0 Å². The summed E-state index contributed by atoms with van der Waals surface area (Å²) in [6, 6.07) is 0. The smallest absolute Gasteiger partial charge is 0.327 e. The van der Waals surface area contributed by atoms with Crippen molar-refractivity contribution in [3.8, 4) is 0 Å². The minimum atomic E-state index is -1.60. The highest BCUT2D eigenvalue weighted by Crippen LogP contribution is 2.37. The molecule has 0 fully saturated rings. The third-order valence-corrected chi connectivity index (χ3v) is 13.3. The highest BCUT2D eigenvalue weighted by atomic mass is 28.3. The number of ketones is 1. The summed E-state index contributed by atoms with van der Waals surface area (Å²) in [6.45, 7) is 20.5. The van der Waals surface area contributed by atoms with E-state index < -0.39 is 18.6 Å². The zero-order valence-corrected chi connectivity index (χ0v) is 29.1. The maximum atomic E-state index is 12.2. The highest BCUT2D eigenvalue weighted by Gasteiger charge is 2.34. The molecule has 7 heteroatoms. The van der Waals surface area contributed by atoms with Gasteiger partial charge in [0.15, 0.2) is 0 Å². The minimum Gasteiger partial charge on any atom is -0.397 e. The Morgan fingerprint density at radius 2 is 0.737 bits per heavy atom. The van der Waals surface area contributed by atoms with Crippen LogP contribution in [0.5, 0.6) is 0 Å². The second kappa shape index (κ2) is 23.6. The zero-order valence-electron chi connectivity index (χ0n) is 26.8. The molecule has 0 bridgehead atoms. The van der Waals surface area contributed by atoms with E-state index in [4.69, 9.17) is 17.7 Å². The first-order valence-electron chi connectivity index (χ1n) is 16.1. The van der Waals surface area contributed by atoms with Crippen LogP contribution in [0.25, 0.3) is 0 Å². The SMILES string of the molecule is CCO[SiH](OCC)C(C)(C)CCCCCCCCC(=O)CCCCCCCCC(C)(C)[SiH](OCC)OCC. The molecular weight excluding hydrogens is 509 g/mol. The second-order valence-electron chi connectivity index (χ2n) is 12.2. The molecule has 0 aromatic heterocycles. The zero-order chi connectivity index (χ0) is 28.7. The van der Waals surface area contributed by atoms with Crippen molar-refractivity contribution in [2.75, 3.05) is 26.4 Å². The average molecular weight is 575 g/mol. The largest absolute Gasteiger partial charge is 0.397 e. The quantitative estimate of drug-likeness (QED) is 0.0689. The molecule has 0 aliphatic rings. The van der Waals surface area contributed by atoms with Gasteiger partial charge < -0.3 is 17.7 Å². The number of hydrogen-bond donors (Lipinski definition) is 0. The van der Waals surface area contributed by atoms with Crippen molar-refractivity contribution in [2.45, 2.75) is 168 Å². The van der Waals surface area contributed by atoms with Gasteiger partial charge in [0.25, 0.3) is 0 Å². The number of hydrogen-bond acceptors (Lipinski definition) is 5. The first-order valence-corrected chi connectivity index (χ1v) is 19.2. The highest BCUT2D eigenvalue weighted by molar-refractivity contribution is 6.48. The van der Waals surface area contributed by atoms with Crippen LogP contribution in [0.2, 0.25) is 10.1 Å². The second-order valence-corrected chi connectivity index (χ2v) is 18.0. The fraction of sp³-hybridized carbons (Fsp3) is 0.968. The van der Waals surface area contributed by atoms with Gasteiger partial charge in [0.05, 0.1) is 0 Å². The Balaban J connectivity index is 3.71. The molecule has 38 heavy (non-hydrogen) atoms. The van der Waals surface area contributed by atoms with Gasteiger partial charge in [-0.05, 0) is 53.4 Å². The van der Waals surface area contributed by atoms with Crippen molar-refractivity contribution in [1.29, 1.82) is 0 Å². The van der Waals surface area contributed by atoms with E-state index in [1.807, 2.05) is 0 Å². The Morgan fingerprint density at radius 3 is 1.03 bits per heavy atom. The molecular formula is C31H66O5Si2. The molecule has 0 aliphatic carbocycles. The Morgan fingerprint density at radius 1 is 0.474 bits per heavy atom. The monoisotopic (exact) mass is 574 g/mol. The summed E-state index contributed by atoms with van der Waals surface area (Å²) in [5.74, 6) is 0.471. The van der Waals surface area contributed by atoms with E-state index in [0.717, 1.165) is 52.1 Å². The predicted octanol–water partition coefficient (Wildman–Crippen LogP) is 8.94. The Kier molecular flexibility index (Phi) is 23.6. The van der Waals surface area contributed by atoms with Crippen molar-refractivity contribution < 1.29 is 22.5 Å². The number of rotatable bonds is 28. The van der Waals surface area contributed by atoms with E-state index in [-0.39, 0.29) is 10.1 Å². The van der Waals surface area contributed by atoms with Crippen LogP contribution in [0.3, 0.4) is 0 Å². The summed E-state index contributed by atoms with van der Waals surface area (Å²) in [5, 5.41) is 0.377. The minimum absolute atomic E-state index is 0.188.